The fraction of sp³-hybridized carbons (Fsp3) is 0. The first-order chi connectivity index (χ1) is 11.7. The molecule has 3 aromatic carbocycles. The second kappa shape index (κ2) is 5.66. The molecule has 0 unspecified atom stereocenters. The quantitative estimate of drug-likeness (QED) is 0.581. The van der Waals surface area contributed by atoms with Crippen molar-refractivity contribution in [1.29, 1.82) is 0 Å². The fourth-order valence-electron chi connectivity index (χ4n) is 2.73. The van der Waals surface area contributed by atoms with Gasteiger partial charge in [0.25, 0.3) is 0 Å². The summed E-state index contributed by atoms with van der Waals surface area (Å²) in [5, 5.41) is 8.98. The van der Waals surface area contributed by atoms with Crippen LogP contribution in [-0.2, 0) is 0 Å². The van der Waals surface area contributed by atoms with Crippen LogP contribution >= 0.6 is 0 Å². The number of aromatic nitrogens is 2. The molecule has 0 aliphatic heterocycles. The van der Waals surface area contributed by atoms with E-state index in [0.29, 0.717) is 0 Å². The van der Waals surface area contributed by atoms with Crippen molar-refractivity contribution in [1.82, 2.24) is 9.97 Å². The zero-order valence-electron chi connectivity index (χ0n) is 12.7. The Morgan fingerprint density at radius 3 is 2.25 bits per heavy atom. The molecule has 0 atom stereocenters. The minimum absolute atomic E-state index is 0.265. The van der Waals surface area contributed by atoms with Crippen LogP contribution in [0.3, 0.4) is 0 Å². The van der Waals surface area contributed by atoms with E-state index < -0.39 is 5.97 Å². The van der Waals surface area contributed by atoms with Crippen molar-refractivity contribution in [3.63, 3.8) is 0 Å². The van der Waals surface area contributed by atoms with Crippen LogP contribution in [0.15, 0.2) is 72.8 Å². The van der Waals surface area contributed by atoms with Crippen molar-refractivity contribution in [2.24, 2.45) is 0 Å². The summed E-state index contributed by atoms with van der Waals surface area (Å²) in [5.74, 6) is -0.203. The predicted octanol–water partition coefficient (Wildman–Crippen LogP) is 4.60. The summed E-state index contributed by atoms with van der Waals surface area (Å²) in [6.07, 6.45) is 0. The number of aromatic amines is 1. The van der Waals surface area contributed by atoms with E-state index in [1.807, 2.05) is 24.3 Å². The monoisotopic (exact) mass is 314 g/mol. The third-order valence-electron chi connectivity index (χ3n) is 3.99. The molecule has 0 fully saturated rings. The van der Waals surface area contributed by atoms with Crippen molar-refractivity contribution < 1.29 is 9.90 Å². The van der Waals surface area contributed by atoms with Gasteiger partial charge in [-0.15, -0.1) is 0 Å². The van der Waals surface area contributed by atoms with Gasteiger partial charge < -0.3 is 10.1 Å². The van der Waals surface area contributed by atoms with E-state index in [9.17, 15) is 4.79 Å². The van der Waals surface area contributed by atoms with E-state index in [1.54, 1.807) is 24.3 Å². The maximum Gasteiger partial charge on any atom is 0.335 e. The van der Waals surface area contributed by atoms with E-state index >= 15 is 0 Å². The number of carboxylic acid groups (broad SMARTS) is 1. The highest BCUT2D eigenvalue weighted by Crippen LogP contribution is 2.26. The molecule has 0 radical (unpaired) electrons. The highest BCUT2D eigenvalue weighted by Gasteiger charge is 2.08. The number of carbonyl (C=O) groups is 1. The molecule has 2 N–H and O–H groups in total. The number of hydrogen-bond donors (Lipinski definition) is 2. The maximum atomic E-state index is 10.9. The second-order valence-electron chi connectivity index (χ2n) is 5.57. The van der Waals surface area contributed by atoms with Crippen LogP contribution in [0.4, 0.5) is 0 Å². The fourth-order valence-corrected chi connectivity index (χ4v) is 2.73. The average molecular weight is 314 g/mol. The molecule has 0 saturated carbocycles. The van der Waals surface area contributed by atoms with Crippen molar-refractivity contribution in [2.75, 3.05) is 0 Å². The average Bonchev–Trinajstić information content (AvgIpc) is 3.06. The lowest BCUT2D eigenvalue weighted by Gasteiger charge is -2.00. The minimum atomic E-state index is -0.932. The van der Waals surface area contributed by atoms with Gasteiger partial charge in [0.05, 0.1) is 16.6 Å². The number of rotatable bonds is 3. The summed E-state index contributed by atoms with van der Waals surface area (Å²) in [6.45, 7) is 0. The number of hydrogen-bond acceptors (Lipinski definition) is 2. The van der Waals surface area contributed by atoms with Gasteiger partial charge in [0.2, 0.25) is 0 Å². The van der Waals surface area contributed by atoms with Gasteiger partial charge in [-0.25, -0.2) is 9.78 Å². The highest BCUT2D eigenvalue weighted by atomic mass is 16.4. The third-order valence-corrected chi connectivity index (χ3v) is 3.99. The zero-order valence-corrected chi connectivity index (χ0v) is 12.7. The number of nitrogens with one attached hydrogen (secondary N) is 1. The van der Waals surface area contributed by atoms with Gasteiger partial charge in [-0.1, -0.05) is 48.5 Å². The van der Waals surface area contributed by atoms with Crippen LogP contribution < -0.4 is 0 Å². The van der Waals surface area contributed by atoms with E-state index in [2.05, 4.69) is 34.2 Å². The first-order valence-corrected chi connectivity index (χ1v) is 7.60. The molecule has 4 heteroatoms. The van der Waals surface area contributed by atoms with Crippen molar-refractivity contribution in [3.05, 3.63) is 78.4 Å². The molecular formula is C20H14N2O2. The number of benzene rings is 3. The highest BCUT2D eigenvalue weighted by molar-refractivity contribution is 5.89. The lowest BCUT2D eigenvalue weighted by molar-refractivity contribution is 0.0697. The number of fused-ring (bicyclic) bond motifs is 1. The number of H-pyrrole nitrogens is 1. The Balaban J connectivity index is 1.74. The van der Waals surface area contributed by atoms with Crippen molar-refractivity contribution in [3.8, 4) is 22.5 Å². The normalized spacial score (nSPS) is 10.8. The Kier molecular flexibility index (Phi) is 3.35. The zero-order chi connectivity index (χ0) is 16.5. The van der Waals surface area contributed by atoms with Crippen LogP contribution in [0.25, 0.3) is 33.5 Å². The number of carboxylic acids is 1. The molecule has 1 heterocycles. The smallest absolute Gasteiger partial charge is 0.335 e. The van der Waals surface area contributed by atoms with Gasteiger partial charge in [-0.05, 0) is 35.4 Å². The summed E-state index contributed by atoms with van der Waals surface area (Å²) in [6, 6.07) is 23.0. The Hall–Kier alpha value is -3.40. The molecule has 0 amide bonds. The van der Waals surface area contributed by atoms with Gasteiger partial charge in [0, 0.05) is 5.56 Å². The van der Waals surface area contributed by atoms with Gasteiger partial charge in [0.1, 0.15) is 5.82 Å². The van der Waals surface area contributed by atoms with Crippen LogP contribution in [-0.4, -0.2) is 21.0 Å². The van der Waals surface area contributed by atoms with Gasteiger partial charge in [-0.2, -0.15) is 0 Å². The molecule has 24 heavy (non-hydrogen) atoms. The molecule has 0 aliphatic carbocycles. The van der Waals surface area contributed by atoms with Crippen LogP contribution in [0, 0.1) is 0 Å². The maximum absolute atomic E-state index is 10.9. The third kappa shape index (κ3) is 2.54. The number of imidazole rings is 1. The van der Waals surface area contributed by atoms with Crippen LogP contribution in [0.2, 0.25) is 0 Å². The van der Waals surface area contributed by atoms with E-state index in [0.717, 1.165) is 33.5 Å². The molecule has 4 rings (SSSR count). The topological polar surface area (TPSA) is 66.0 Å². The van der Waals surface area contributed by atoms with E-state index in [1.165, 1.54) is 0 Å². The summed E-state index contributed by atoms with van der Waals surface area (Å²) in [5.41, 5.74) is 5.24. The van der Waals surface area contributed by atoms with Gasteiger partial charge in [0.15, 0.2) is 0 Å². The summed E-state index contributed by atoms with van der Waals surface area (Å²) < 4.78 is 0. The molecule has 0 aliphatic rings. The van der Waals surface area contributed by atoms with Crippen LogP contribution in [0.5, 0.6) is 0 Å². The first kappa shape index (κ1) is 14.2. The number of nitrogens with zero attached hydrogens (tertiary/aromatic N) is 1. The Bertz CT molecular complexity index is 1020. The number of aromatic carboxylic acids is 1. The summed E-state index contributed by atoms with van der Waals surface area (Å²) in [4.78, 5) is 18.8. The Morgan fingerprint density at radius 2 is 1.54 bits per heavy atom. The largest absolute Gasteiger partial charge is 0.478 e. The lowest BCUT2D eigenvalue weighted by Crippen LogP contribution is -1.95. The predicted molar refractivity (Wildman–Crippen MR) is 93.9 cm³/mol. The second-order valence-corrected chi connectivity index (χ2v) is 5.57. The standard InChI is InChI=1S/C20H14N2O2/c23-20(24)15-8-6-14(7-9-15)19-21-17-11-10-16(12-18(17)22-19)13-4-2-1-3-5-13/h1-12H,(H,21,22)(H,23,24). The molecule has 0 saturated heterocycles. The molecule has 4 aromatic rings. The molecule has 1 aromatic heterocycles. The molecular weight excluding hydrogens is 300 g/mol. The molecule has 4 nitrogen and oxygen atoms in total. The van der Waals surface area contributed by atoms with Crippen LogP contribution in [0.1, 0.15) is 10.4 Å². The molecule has 116 valence electrons. The SMILES string of the molecule is O=C(O)c1ccc(-c2nc3ccc(-c4ccccc4)cc3[nH]2)cc1. The van der Waals surface area contributed by atoms with E-state index in [-0.39, 0.29) is 5.56 Å². The minimum Gasteiger partial charge on any atom is -0.478 e. The summed E-state index contributed by atoms with van der Waals surface area (Å²) in [7, 11) is 0. The first-order valence-electron chi connectivity index (χ1n) is 7.60. The van der Waals surface area contributed by atoms with Crippen molar-refractivity contribution >= 4 is 17.0 Å². The summed E-state index contributed by atoms with van der Waals surface area (Å²) >= 11 is 0. The van der Waals surface area contributed by atoms with E-state index in [4.69, 9.17) is 5.11 Å². The van der Waals surface area contributed by atoms with Gasteiger partial charge >= 0.3 is 5.97 Å². The molecule has 0 spiro atoms. The lowest BCUT2D eigenvalue weighted by atomic mass is 10.1. The van der Waals surface area contributed by atoms with Gasteiger partial charge in [-0.3, -0.25) is 0 Å². The Morgan fingerprint density at radius 1 is 0.833 bits per heavy atom. The molecule has 0 bridgehead atoms. The Labute approximate surface area is 138 Å². The van der Waals surface area contributed by atoms with Crippen molar-refractivity contribution in [2.45, 2.75) is 0 Å².